The third-order valence-electron chi connectivity index (χ3n) is 5.59. The molecule has 8 nitrogen and oxygen atoms in total. The number of sulfonamides is 1. The van der Waals surface area contributed by atoms with Crippen LogP contribution in [0.3, 0.4) is 0 Å². The van der Waals surface area contributed by atoms with Gasteiger partial charge in [0.15, 0.2) is 0 Å². The highest BCUT2D eigenvalue weighted by Crippen LogP contribution is 2.29. The summed E-state index contributed by atoms with van der Waals surface area (Å²) in [5.74, 6) is -4.48. The highest BCUT2D eigenvalue weighted by molar-refractivity contribution is 7.89. The minimum Gasteiger partial charge on any atom is -0.349 e. The van der Waals surface area contributed by atoms with Crippen LogP contribution in [0.25, 0.3) is 11.3 Å². The highest BCUT2D eigenvalue weighted by atomic mass is 32.2. The van der Waals surface area contributed by atoms with Crippen molar-refractivity contribution in [1.29, 1.82) is 0 Å². The van der Waals surface area contributed by atoms with Crippen molar-refractivity contribution in [2.75, 3.05) is 6.54 Å². The largest absolute Gasteiger partial charge is 0.349 e. The van der Waals surface area contributed by atoms with Crippen molar-refractivity contribution in [1.82, 2.24) is 24.6 Å². The molecule has 13 heteroatoms. The number of aromatic nitrogens is 3. The molecular formula is C23H21F4N5O3S. The first kappa shape index (κ1) is 25.6. The van der Waals surface area contributed by atoms with Crippen LogP contribution in [0.2, 0.25) is 0 Å². The van der Waals surface area contributed by atoms with E-state index in [0.717, 1.165) is 34.8 Å². The molecule has 1 aromatic carbocycles. The smallest absolute Gasteiger partial charge is 0.288 e. The molecule has 1 amide bonds. The maximum Gasteiger partial charge on any atom is 0.288 e. The van der Waals surface area contributed by atoms with Gasteiger partial charge in [0, 0.05) is 31.6 Å². The zero-order valence-electron chi connectivity index (χ0n) is 18.9. The summed E-state index contributed by atoms with van der Waals surface area (Å²) in [7, 11) is -4.24. The molecule has 2 atom stereocenters. The number of hydrogen-bond donors (Lipinski definition) is 1. The summed E-state index contributed by atoms with van der Waals surface area (Å²) in [5.41, 5.74) is 0.717. The molecule has 190 valence electrons. The zero-order chi connectivity index (χ0) is 26.1. The number of nitrogens with one attached hydrogen (secondary N) is 1. The molecule has 4 rings (SSSR count). The zero-order valence-corrected chi connectivity index (χ0v) is 19.7. The Balaban J connectivity index is 1.46. The Bertz CT molecular complexity index is 1350. The lowest BCUT2D eigenvalue weighted by atomic mass is 10.1. The first-order valence-electron chi connectivity index (χ1n) is 10.8. The molecule has 3 aromatic rings. The summed E-state index contributed by atoms with van der Waals surface area (Å²) in [5, 5.41) is 2.56. The Kier molecular flexibility index (Phi) is 7.05. The molecule has 0 spiro atoms. The molecule has 1 aliphatic heterocycles. The van der Waals surface area contributed by atoms with E-state index in [9.17, 15) is 30.8 Å². The maximum absolute atomic E-state index is 14.2. The van der Waals surface area contributed by atoms with Crippen LogP contribution in [0.15, 0.2) is 59.9 Å². The molecule has 2 aromatic heterocycles. The number of hydrogen-bond acceptors (Lipinski definition) is 6. The third-order valence-corrected chi connectivity index (χ3v) is 7.47. The van der Waals surface area contributed by atoms with Gasteiger partial charge < -0.3 is 5.32 Å². The average Bonchev–Trinajstić information content (AvgIpc) is 3.25. The minimum atomic E-state index is -4.24. The van der Waals surface area contributed by atoms with Gasteiger partial charge in [-0.15, -0.1) is 0 Å². The van der Waals surface area contributed by atoms with E-state index in [1.807, 2.05) is 0 Å². The molecule has 1 aliphatic rings. The fourth-order valence-electron chi connectivity index (χ4n) is 3.74. The van der Waals surface area contributed by atoms with Gasteiger partial charge in [0.25, 0.3) is 5.92 Å². The molecule has 0 radical (unpaired) electrons. The van der Waals surface area contributed by atoms with E-state index in [1.165, 1.54) is 12.4 Å². The number of amides is 1. The second kappa shape index (κ2) is 9.90. The number of benzene rings is 1. The summed E-state index contributed by atoms with van der Waals surface area (Å²) < 4.78 is 80.8. The Hall–Kier alpha value is -3.45. The molecule has 0 bridgehead atoms. The van der Waals surface area contributed by atoms with Gasteiger partial charge in [-0.25, -0.2) is 17.2 Å². The molecule has 0 saturated carbocycles. The van der Waals surface area contributed by atoms with Crippen molar-refractivity contribution < 1.29 is 30.8 Å². The van der Waals surface area contributed by atoms with Crippen molar-refractivity contribution in [3.05, 3.63) is 72.2 Å². The van der Waals surface area contributed by atoms with Gasteiger partial charge in [-0.05, 0) is 36.4 Å². The number of carbonyl (C=O) groups is 1. The topological polar surface area (TPSA) is 105 Å². The summed E-state index contributed by atoms with van der Waals surface area (Å²) in [6.45, 7) is 0.103. The Morgan fingerprint density at radius 2 is 1.86 bits per heavy atom. The molecule has 1 saturated heterocycles. The monoisotopic (exact) mass is 523 g/mol. The quantitative estimate of drug-likeness (QED) is 0.477. The first-order chi connectivity index (χ1) is 16.9. The summed E-state index contributed by atoms with van der Waals surface area (Å²) >= 11 is 0. The molecule has 1 fully saturated rings. The van der Waals surface area contributed by atoms with Gasteiger partial charge in [0.05, 0.1) is 35.2 Å². The molecular weight excluding hydrogens is 502 g/mol. The molecule has 1 N–H and O–H groups in total. The lowest BCUT2D eigenvalue weighted by Crippen LogP contribution is -2.45. The van der Waals surface area contributed by atoms with E-state index < -0.39 is 52.1 Å². The Morgan fingerprint density at radius 1 is 1.14 bits per heavy atom. The van der Waals surface area contributed by atoms with Gasteiger partial charge in [0.1, 0.15) is 23.7 Å². The van der Waals surface area contributed by atoms with Crippen molar-refractivity contribution >= 4 is 15.9 Å². The first-order valence-corrected chi connectivity index (χ1v) is 12.2. The summed E-state index contributed by atoms with van der Waals surface area (Å²) in [6, 6.07) is 5.89. The third kappa shape index (κ3) is 5.51. The van der Waals surface area contributed by atoms with E-state index in [2.05, 4.69) is 20.3 Å². The predicted molar refractivity (Wildman–Crippen MR) is 120 cm³/mol. The molecule has 36 heavy (non-hydrogen) atoms. The van der Waals surface area contributed by atoms with E-state index in [1.54, 1.807) is 12.1 Å². The van der Waals surface area contributed by atoms with Crippen molar-refractivity contribution in [3.63, 3.8) is 0 Å². The number of halogens is 4. The van der Waals surface area contributed by atoms with Crippen LogP contribution < -0.4 is 5.32 Å². The lowest BCUT2D eigenvalue weighted by molar-refractivity contribution is -0.124. The number of carbonyl (C=O) groups excluding carboxylic acids is 1. The second-order valence-corrected chi connectivity index (χ2v) is 10.2. The fourth-order valence-corrected chi connectivity index (χ4v) is 5.36. The fraction of sp³-hybridized carbons (Fsp3) is 0.304. The standard InChI is InChI=1S/C23H21F4N5O3S/c1-23(26,27)21-12-29-19(11-30-21)14-6-7-28-17(8-14)10-31-22(33)20-9-16(25)13-32(20)36(34,35)18-4-2-15(24)3-5-18/h2-8,11-12,16,20H,9-10,13H2,1H3,(H,31,33)/t16-,20+/m1/s1. The van der Waals surface area contributed by atoms with Crippen molar-refractivity contribution in [2.24, 2.45) is 0 Å². The maximum atomic E-state index is 14.2. The minimum absolute atomic E-state index is 0.108. The van der Waals surface area contributed by atoms with E-state index >= 15 is 0 Å². The molecule has 3 heterocycles. The number of alkyl halides is 3. The number of pyridine rings is 1. The van der Waals surface area contributed by atoms with Crippen LogP contribution in [0.4, 0.5) is 17.6 Å². The van der Waals surface area contributed by atoms with Crippen molar-refractivity contribution in [3.8, 4) is 11.3 Å². The van der Waals surface area contributed by atoms with Crippen LogP contribution in [-0.4, -0.2) is 52.3 Å². The average molecular weight is 524 g/mol. The van der Waals surface area contributed by atoms with Crippen LogP contribution in [-0.2, 0) is 27.3 Å². The van der Waals surface area contributed by atoms with Gasteiger partial charge in [-0.2, -0.15) is 13.1 Å². The van der Waals surface area contributed by atoms with Crippen LogP contribution in [0.5, 0.6) is 0 Å². The Labute approximate surface area is 204 Å². The van der Waals surface area contributed by atoms with Crippen LogP contribution in [0, 0.1) is 5.82 Å². The predicted octanol–water partition coefficient (Wildman–Crippen LogP) is 3.21. The van der Waals surface area contributed by atoms with E-state index in [4.69, 9.17) is 0 Å². The Morgan fingerprint density at radius 3 is 2.50 bits per heavy atom. The SMILES string of the molecule is CC(F)(F)c1cnc(-c2ccnc(CNC(=O)[C@@H]3C[C@@H](F)CN3S(=O)(=O)c3ccc(F)cc3)c2)cn1. The highest BCUT2D eigenvalue weighted by Gasteiger charge is 2.44. The van der Waals surface area contributed by atoms with Crippen molar-refractivity contribution in [2.45, 2.75) is 42.9 Å². The lowest BCUT2D eigenvalue weighted by Gasteiger charge is -2.23. The van der Waals surface area contributed by atoms with Gasteiger partial charge >= 0.3 is 0 Å². The van der Waals surface area contributed by atoms with Gasteiger partial charge in [-0.1, -0.05) is 0 Å². The molecule has 0 unspecified atom stereocenters. The number of nitrogens with zero attached hydrogens (tertiary/aromatic N) is 4. The van der Waals surface area contributed by atoms with Gasteiger partial charge in [0.2, 0.25) is 15.9 Å². The van der Waals surface area contributed by atoms with Gasteiger partial charge in [-0.3, -0.25) is 19.7 Å². The van der Waals surface area contributed by atoms with E-state index in [0.29, 0.717) is 23.9 Å². The number of rotatable bonds is 7. The molecule has 0 aliphatic carbocycles. The van der Waals surface area contributed by atoms with E-state index in [-0.39, 0.29) is 17.9 Å². The summed E-state index contributed by atoms with van der Waals surface area (Å²) in [4.78, 5) is 24.4. The van der Waals surface area contributed by atoms with Crippen LogP contribution in [0.1, 0.15) is 24.7 Å². The second-order valence-electron chi connectivity index (χ2n) is 8.31. The summed E-state index contributed by atoms with van der Waals surface area (Å²) in [6.07, 6.45) is 1.72. The normalized spacial score (nSPS) is 18.8. The van der Waals surface area contributed by atoms with Crippen LogP contribution >= 0.6 is 0 Å².